The summed E-state index contributed by atoms with van der Waals surface area (Å²) in [5, 5.41) is 22.7. The summed E-state index contributed by atoms with van der Waals surface area (Å²) in [5.74, 6) is 0.507. The van der Waals surface area contributed by atoms with Gasteiger partial charge < -0.3 is 0 Å². The maximum atomic E-state index is 11.0. The number of rotatable bonds is 5. The van der Waals surface area contributed by atoms with E-state index < -0.39 is 4.92 Å². The zero-order valence-electron chi connectivity index (χ0n) is 13.2. The molecule has 7 nitrogen and oxygen atoms in total. The van der Waals surface area contributed by atoms with Gasteiger partial charge in [0, 0.05) is 22.9 Å². The predicted molar refractivity (Wildman–Crippen MR) is 104 cm³/mol. The predicted octanol–water partition coefficient (Wildman–Crippen LogP) is 4.72. The molecule has 0 aliphatic heterocycles. The zero-order chi connectivity index (χ0) is 18.5. The smallest absolute Gasteiger partial charge is 0.258 e. The monoisotopic (exact) mass is 385 g/mol. The van der Waals surface area contributed by atoms with Crippen LogP contribution in [0.2, 0.25) is 5.02 Å². The normalized spacial score (nSPS) is 11.4. The molecule has 1 N–H and O–H groups in total. The molecular formula is C17H12ClN5O2S. The number of nitro groups is 1. The molecule has 0 saturated heterocycles. The van der Waals surface area contributed by atoms with E-state index in [0.717, 1.165) is 5.56 Å². The van der Waals surface area contributed by atoms with Gasteiger partial charge in [0.15, 0.2) is 5.82 Å². The van der Waals surface area contributed by atoms with Crippen molar-refractivity contribution in [1.29, 1.82) is 0 Å². The first-order chi connectivity index (χ1) is 12.6. The standard InChI is InChI=1S/C17H12ClN5O2S/c18-14-8-3-6-13(11-14)16-20-21-17(26)22(16)19-10-4-7-12-5-1-2-9-15(12)23(24)25/h1-11H,(H,21,26)/b7-4+,19-10-. The lowest BCUT2D eigenvalue weighted by Gasteiger charge is -2.00. The number of nitro benzene ring substituents is 1. The number of H-pyrrole nitrogens is 1. The van der Waals surface area contributed by atoms with Gasteiger partial charge in [-0.05, 0) is 42.6 Å². The number of halogens is 1. The van der Waals surface area contributed by atoms with Crippen LogP contribution in [0.1, 0.15) is 5.56 Å². The number of benzene rings is 2. The Morgan fingerprint density at radius 1 is 1.27 bits per heavy atom. The van der Waals surface area contributed by atoms with Crippen molar-refractivity contribution >= 4 is 41.8 Å². The van der Waals surface area contributed by atoms with Crippen LogP contribution in [0.25, 0.3) is 17.5 Å². The van der Waals surface area contributed by atoms with Crippen molar-refractivity contribution < 1.29 is 4.92 Å². The summed E-state index contributed by atoms with van der Waals surface area (Å²) in [7, 11) is 0. The van der Waals surface area contributed by atoms with E-state index >= 15 is 0 Å². The molecule has 0 fully saturated rings. The van der Waals surface area contributed by atoms with Gasteiger partial charge in [-0.1, -0.05) is 35.9 Å². The number of hydrogen-bond donors (Lipinski definition) is 1. The fourth-order valence-electron chi connectivity index (χ4n) is 2.26. The second kappa shape index (κ2) is 7.85. The third-order valence-electron chi connectivity index (χ3n) is 3.41. The van der Waals surface area contributed by atoms with Crippen molar-refractivity contribution in [1.82, 2.24) is 14.9 Å². The first-order valence-corrected chi connectivity index (χ1v) is 8.22. The maximum Gasteiger partial charge on any atom is 0.276 e. The van der Waals surface area contributed by atoms with E-state index in [1.165, 1.54) is 17.0 Å². The Hall–Kier alpha value is -3.10. The fourth-order valence-corrected chi connectivity index (χ4v) is 2.63. The molecule has 0 spiro atoms. The first-order valence-electron chi connectivity index (χ1n) is 7.44. The van der Waals surface area contributed by atoms with Gasteiger partial charge >= 0.3 is 0 Å². The third kappa shape index (κ3) is 3.93. The minimum absolute atomic E-state index is 0.0247. The van der Waals surface area contributed by atoms with Gasteiger partial charge in [0.05, 0.1) is 10.5 Å². The maximum absolute atomic E-state index is 11.0. The quantitative estimate of drug-likeness (QED) is 0.298. The Morgan fingerprint density at radius 2 is 2.08 bits per heavy atom. The molecule has 3 aromatic rings. The number of allylic oxidation sites excluding steroid dienone is 1. The second-order valence-corrected chi connectivity index (χ2v) is 5.94. The van der Waals surface area contributed by atoms with Crippen LogP contribution in [0, 0.1) is 14.9 Å². The highest BCUT2D eigenvalue weighted by Crippen LogP contribution is 2.21. The number of aromatic amines is 1. The molecule has 0 aliphatic rings. The van der Waals surface area contributed by atoms with Crippen molar-refractivity contribution in [2.24, 2.45) is 5.10 Å². The van der Waals surface area contributed by atoms with Crippen LogP contribution >= 0.6 is 23.8 Å². The average Bonchev–Trinajstić information content (AvgIpc) is 2.99. The number of hydrogen-bond acceptors (Lipinski definition) is 5. The Kier molecular flexibility index (Phi) is 5.35. The van der Waals surface area contributed by atoms with Gasteiger partial charge in [0.2, 0.25) is 4.77 Å². The van der Waals surface area contributed by atoms with Crippen molar-refractivity contribution in [3.63, 3.8) is 0 Å². The molecule has 0 aliphatic carbocycles. The number of para-hydroxylation sites is 1. The summed E-state index contributed by atoms with van der Waals surface area (Å²) in [4.78, 5) is 10.6. The summed E-state index contributed by atoms with van der Waals surface area (Å²) in [5.41, 5.74) is 1.26. The van der Waals surface area contributed by atoms with Gasteiger partial charge in [-0.2, -0.15) is 14.9 Å². The summed E-state index contributed by atoms with van der Waals surface area (Å²) < 4.78 is 1.76. The summed E-state index contributed by atoms with van der Waals surface area (Å²) in [6, 6.07) is 13.6. The van der Waals surface area contributed by atoms with Crippen molar-refractivity contribution in [3.8, 4) is 11.4 Å². The van der Waals surface area contributed by atoms with Gasteiger partial charge in [-0.25, -0.2) is 5.10 Å². The number of nitrogens with zero attached hydrogens (tertiary/aromatic N) is 4. The minimum Gasteiger partial charge on any atom is -0.258 e. The van der Waals surface area contributed by atoms with Gasteiger partial charge in [-0.3, -0.25) is 10.1 Å². The molecule has 1 heterocycles. The lowest BCUT2D eigenvalue weighted by Crippen LogP contribution is -1.93. The Bertz CT molecular complexity index is 1070. The lowest BCUT2D eigenvalue weighted by atomic mass is 10.2. The van der Waals surface area contributed by atoms with Crippen LogP contribution in [-0.4, -0.2) is 26.0 Å². The largest absolute Gasteiger partial charge is 0.276 e. The van der Waals surface area contributed by atoms with Crippen molar-refractivity contribution in [2.45, 2.75) is 0 Å². The lowest BCUT2D eigenvalue weighted by molar-refractivity contribution is -0.385. The minimum atomic E-state index is -0.430. The van der Waals surface area contributed by atoms with Crippen LogP contribution in [0.5, 0.6) is 0 Å². The van der Waals surface area contributed by atoms with E-state index in [-0.39, 0.29) is 5.69 Å². The van der Waals surface area contributed by atoms with Crippen LogP contribution in [-0.2, 0) is 0 Å². The fraction of sp³-hybridized carbons (Fsp3) is 0. The topological polar surface area (TPSA) is 89.1 Å². The molecule has 0 amide bonds. The molecule has 3 rings (SSSR count). The number of nitrogens with one attached hydrogen (secondary N) is 1. The van der Waals surface area contributed by atoms with Gasteiger partial charge in [0.25, 0.3) is 5.69 Å². The summed E-state index contributed by atoms with van der Waals surface area (Å²) >= 11 is 11.2. The molecule has 0 unspecified atom stereocenters. The number of aromatic nitrogens is 3. The molecule has 130 valence electrons. The second-order valence-electron chi connectivity index (χ2n) is 5.11. The van der Waals surface area contributed by atoms with Crippen LogP contribution in [0.4, 0.5) is 5.69 Å². The molecule has 1 aromatic heterocycles. The molecule has 9 heteroatoms. The zero-order valence-corrected chi connectivity index (χ0v) is 14.8. The molecule has 0 radical (unpaired) electrons. The Balaban J connectivity index is 1.88. The molecular weight excluding hydrogens is 374 g/mol. The highest BCUT2D eigenvalue weighted by atomic mass is 35.5. The van der Waals surface area contributed by atoms with E-state index in [0.29, 0.717) is 21.2 Å². The highest BCUT2D eigenvalue weighted by Gasteiger charge is 2.09. The Morgan fingerprint density at radius 3 is 2.85 bits per heavy atom. The first kappa shape index (κ1) is 17.7. The summed E-state index contributed by atoms with van der Waals surface area (Å²) in [6.07, 6.45) is 4.68. The molecule has 0 saturated carbocycles. The van der Waals surface area contributed by atoms with E-state index in [4.69, 9.17) is 23.8 Å². The molecule has 0 bridgehead atoms. The van der Waals surface area contributed by atoms with E-state index in [2.05, 4.69) is 15.3 Å². The van der Waals surface area contributed by atoms with Crippen molar-refractivity contribution in [2.75, 3.05) is 0 Å². The molecule has 26 heavy (non-hydrogen) atoms. The van der Waals surface area contributed by atoms with E-state index in [9.17, 15) is 10.1 Å². The van der Waals surface area contributed by atoms with E-state index in [1.54, 1.807) is 48.6 Å². The van der Waals surface area contributed by atoms with Crippen LogP contribution < -0.4 is 0 Å². The van der Waals surface area contributed by atoms with Gasteiger partial charge in [-0.15, -0.1) is 0 Å². The van der Waals surface area contributed by atoms with Crippen LogP contribution in [0.15, 0.2) is 59.7 Å². The SMILES string of the molecule is O=[N+]([O-])c1ccccc1/C=C/C=N\n1c(-c2cccc(Cl)c2)n[nH]c1=S. The summed E-state index contributed by atoms with van der Waals surface area (Å²) in [6.45, 7) is 0. The highest BCUT2D eigenvalue weighted by molar-refractivity contribution is 7.71. The molecule has 2 aromatic carbocycles. The van der Waals surface area contributed by atoms with Gasteiger partial charge in [0.1, 0.15) is 0 Å². The average molecular weight is 386 g/mol. The Labute approximate surface area is 158 Å². The molecule has 0 atom stereocenters. The van der Waals surface area contributed by atoms with Crippen LogP contribution in [0.3, 0.4) is 0 Å². The van der Waals surface area contributed by atoms with E-state index in [1.807, 2.05) is 6.07 Å². The third-order valence-corrected chi connectivity index (χ3v) is 3.91. The van der Waals surface area contributed by atoms with Crippen molar-refractivity contribution in [3.05, 3.63) is 80.1 Å².